The van der Waals surface area contributed by atoms with Crippen LogP contribution < -0.4 is 0 Å². The van der Waals surface area contributed by atoms with Crippen LogP contribution in [-0.2, 0) is 9.84 Å². The first kappa shape index (κ1) is 15.6. The fraction of sp³-hybridized carbons (Fsp3) is 0.125. The van der Waals surface area contributed by atoms with E-state index in [0.29, 0.717) is 10.6 Å². The Morgan fingerprint density at radius 1 is 1.00 bits per heavy atom. The predicted octanol–water partition coefficient (Wildman–Crippen LogP) is 3.51. The lowest BCUT2D eigenvalue weighted by molar-refractivity contribution is 0.597. The molecule has 0 aliphatic carbocycles. The Bertz CT molecular complexity index is 1100. The van der Waals surface area contributed by atoms with Gasteiger partial charge in [0.05, 0.1) is 20.9 Å². The van der Waals surface area contributed by atoms with Crippen molar-refractivity contribution in [2.45, 2.75) is 10.1 Å². The molecule has 0 radical (unpaired) electrons. The Balaban J connectivity index is 1.55. The van der Waals surface area contributed by atoms with Crippen molar-refractivity contribution in [3.63, 3.8) is 0 Å². The van der Waals surface area contributed by atoms with Crippen molar-refractivity contribution in [3.8, 4) is 0 Å². The highest BCUT2D eigenvalue weighted by Crippen LogP contribution is 2.29. The molecule has 0 fully saturated rings. The zero-order chi connectivity index (χ0) is 16.6. The summed E-state index contributed by atoms with van der Waals surface area (Å²) in [4.78, 5) is 1.18. The van der Waals surface area contributed by atoms with E-state index in [9.17, 15) is 8.42 Å². The lowest BCUT2D eigenvalue weighted by atomic mass is 10.3. The number of nitrogens with zero attached hydrogens (tertiary/aromatic N) is 3. The topological polar surface area (TPSA) is 64.3 Å². The van der Waals surface area contributed by atoms with Crippen molar-refractivity contribution in [1.82, 2.24) is 14.6 Å². The standard InChI is InChI=1S/C16H13N3O2S3/c20-24(21,12-6-2-1-3-7-12)11-10-22-15-17-18-16-19(15)13-8-4-5-9-14(13)23-16/h1-9H,10-11H2. The number of hydrogen-bond donors (Lipinski definition) is 0. The van der Waals surface area contributed by atoms with Crippen molar-refractivity contribution in [2.24, 2.45) is 0 Å². The predicted molar refractivity (Wildman–Crippen MR) is 97.6 cm³/mol. The molecule has 24 heavy (non-hydrogen) atoms. The lowest BCUT2D eigenvalue weighted by Crippen LogP contribution is -2.08. The number of hydrogen-bond acceptors (Lipinski definition) is 6. The molecule has 4 rings (SSSR count). The minimum absolute atomic E-state index is 0.0681. The molecule has 0 atom stereocenters. The van der Waals surface area contributed by atoms with E-state index in [1.807, 2.05) is 34.7 Å². The molecule has 0 saturated heterocycles. The van der Waals surface area contributed by atoms with Crippen LogP contribution in [0.5, 0.6) is 0 Å². The van der Waals surface area contributed by atoms with Gasteiger partial charge < -0.3 is 0 Å². The Morgan fingerprint density at radius 2 is 1.75 bits per heavy atom. The second-order valence-corrected chi connectivity index (χ2v) is 9.33. The van der Waals surface area contributed by atoms with E-state index in [4.69, 9.17) is 0 Å². The molecule has 122 valence electrons. The van der Waals surface area contributed by atoms with Crippen LogP contribution in [0.15, 0.2) is 64.6 Å². The first-order valence-corrected chi connectivity index (χ1v) is 10.7. The first-order chi connectivity index (χ1) is 11.6. The minimum atomic E-state index is -3.27. The van der Waals surface area contributed by atoms with Gasteiger partial charge in [0.15, 0.2) is 15.0 Å². The van der Waals surface area contributed by atoms with Crippen LogP contribution in [0.3, 0.4) is 0 Å². The third kappa shape index (κ3) is 2.81. The van der Waals surface area contributed by atoms with Gasteiger partial charge in [-0.05, 0) is 24.3 Å². The Labute approximate surface area is 147 Å². The number of aromatic nitrogens is 3. The van der Waals surface area contributed by atoms with Crippen molar-refractivity contribution in [1.29, 1.82) is 0 Å². The fourth-order valence-electron chi connectivity index (χ4n) is 2.44. The Kier molecular flexibility index (Phi) is 4.03. The molecular formula is C16H13N3O2S3. The number of benzene rings is 2. The molecule has 2 aromatic heterocycles. The van der Waals surface area contributed by atoms with Crippen LogP contribution in [-0.4, -0.2) is 34.5 Å². The van der Waals surface area contributed by atoms with Gasteiger partial charge in [0.2, 0.25) is 4.96 Å². The fourth-order valence-corrected chi connectivity index (χ4v) is 6.07. The maximum atomic E-state index is 12.3. The van der Waals surface area contributed by atoms with E-state index in [1.165, 1.54) is 11.8 Å². The number of thioether (sulfide) groups is 1. The molecule has 0 N–H and O–H groups in total. The van der Waals surface area contributed by atoms with Crippen LogP contribution in [0.1, 0.15) is 0 Å². The average molecular weight is 376 g/mol. The molecule has 0 saturated carbocycles. The van der Waals surface area contributed by atoms with Crippen molar-refractivity contribution in [2.75, 3.05) is 11.5 Å². The summed E-state index contributed by atoms with van der Waals surface area (Å²) in [5, 5.41) is 9.11. The SMILES string of the molecule is O=S(=O)(CCSc1nnc2sc3ccccc3n12)c1ccccc1. The second-order valence-electron chi connectivity index (χ2n) is 5.15. The van der Waals surface area contributed by atoms with Crippen LogP contribution in [0.4, 0.5) is 0 Å². The first-order valence-electron chi connectivity index (χ1n) is 7.28. The van der Waals surface area contributed by atoms with Gasteiger partial charge in [0.25, 0.3) is 0 Å². The van der Waals surface area contributed by atoms with E-state index in [-0.39, 0.29) is 5.75 Å². The second kappa shape index (κ2) is 6.19. The summed E-state index contributed by atoms with van der Waals surface area (Å²) in [6, 6.07) is 16.6. The van der Waals surface area contributed by atoms with Gasteiger partial charge in [-0.3, -0.25) is 4.40 Å². The largest absolute Gasteiger partial charge is 0.260 e. The van der Waals surface area contributed by atoms with E-state index in [2.05, 4.69) is 10.2 Å². The number of thiazole rings is 1. The maximum Gasteiger partial charge on any atom is 0.217 e. The minimum Gasteiger partial charge on any atom is -0.260 e. The highest BCUT2D eigenvalue weighted by molar-refractivity contribution is 8.00. The summed E-state index contributed by atoms with van der Waals surface area (Å²) in [6.07, 6.45) is 0. The number of rotatable bonds is 5. The summed E-state index contributed by atoms with van der Waals surface area (Å²) < 4.78 is 27.8. The maximum absolute atomic E-state index is 12.3. The van der Waals surface area contributed by atoms with Crippen molar-refractivity contribution in [3.05, 3.63) is 54.6 Å². The third-order valence-corrected chi connectivity index (χ3v) is 7.53. The summed E-state index contributed by atoms with van der Waals surface area (Å²) >= 11 is 2.99. The highest BCUT2D eigenvalue weighted by Gasteiger charge is 2.16. The van der Waals surface area contributed by atoms with E-state index in [0.717, 1.165) is 20.3 Å². The van der Waals surface area contributed by atoms with Crippen molar-refractivity contribution >= 4 is 48.1 Å². The van der Waals surface area contributed by atoms with Gasteiger partial charge in [0.1, 0.15) is 0 Å². The molecule has 0 bridgehead atoms. The molecule has 0 unspecified atom stereocenters. The molecule has 2 aromatic carbocycles. The van der Waals surface area contributed by atoms with E-state index in [1.54, 1.807) is 35.6 Å². The van der Waals surface area contributed by atoms with Gasteiger partial charge in [-0.2, -0.15) is 0 Å². The lowest BCUT2D eigenvalue weighted by Gasteiger charge is -2.03. The Morgan fingerprint density at radius 3 is 2.58 bits per heavy atom. The molecule has 2 heterocycles. The van der Waals surface area contributed by atoms with Gasteiger partial charge >= 0.3 is 0 Å². The molecule has 0 amide bonds. The average Bonchev–Trinajstić information content (AvgIpc) is 3.15. The van der Waals surface area contributed by atoms with Gasteiger partial charge in [0, 0.05) is 5.75 Å². The third-order valence-electron chi connectivity index (χ3n) is 3.60. The summed E-state index contributed by atoms with van der Waals surface area (Å²) in [6.45, 7) is 0. The zero-order valence-electron chi connectivity index (χ0n) is 12.5. The molecule has 5 nitrogen and oxygen atoms in total. The summed E-state index contributed by atoms with van der Waals surface area (Å²) in [5.41, 5.74) is 1.05. The smallest absolute Gasteiger partial charge is 0.217 e. The number of para-hydroxylation sites is 1. The normalized spacial score (nSPS) is 12.2. The van der Waals surface area contributed by atoms with Gasteiger partial charge in [-0.25, -0.2) is 8.42 Å². The summed E-state index contributed by atoms with van der Waals surface area (Å²) in [7, 11) is -3.27. The highest BCUT2D eigenvalue weighted by atomic mass is 32.2. The molecule has 8 heteroatoms. The van der Waals surface area contributed by atoms with Crippen LogP contribution in [0.2, 0.25) is 0 Å². The van der Waals surface area contributed by atoms with Crippen LogP contribution in [0, 0.1) is 0 Å². The molecule has 0 aliphatic rings. The van der Waals surface area contributed by atoms with E-state index < -0.39 is 9.84 Å². The molecular weight excluding hydrogens is 362 g/mol. The molecule has 4 aromatic rings. The zero-order valence-corrected chi connectivity index (χ0v) is 14.9. The van der Waals surface area contributed by atoms with Crippen molar-refractivity contribution < 1.29 is 8.42 Å². The Hall–Kier alpha value is -1.90. The van der Waals surface area contributed by atoms with Crippen LogP contribution in [0.25, 0.3) is 15.2 Å². The molecule has 0 aliphatic heterocycles. The van der Waals surface area contributed by atoms with Gasteiger partial charge in [-0.1, -0.05) is 53.4 Å². The number of fused-ring (bicyclic) bond motifs is 3. The van der Waals surface area contributed by atoms with Gasteiger partial charge in [-0.15, -0.1) is 10.2 Å². The molecule has 0 spiro atoms. The monoisotopic (exact) mass is 375 g/mol. The van der Waals surface area contributed by atoms with Crippen LogP contribution >= 0.6 is 23.1 Å². The summed E-state index contributed by atoms with van der Waals surface area (Å²) in [5.74, 6) is 0.501. The number of sulfone groups is 1. The quantitative estimate of drug-likeness (QED) is 0.500. The van der Waals surface area contributed by atoms with E-state index >= 15 is 0 Å².